The Hall–Kier alpha value is 0.423. The minimum atomic E-state index is -0.617. The molecule has 0 heterocycles. The van der Waals surface area contributed by atoms with Crippen LogP contribution in [-0.4, -0.2) is 0 Å². The Labute approximate surface area is 180 Å². The first-order valence-electron chi connectivity index (χ1n) is 9.84. The third-order valence-corrected chi connectivity index (χ3v) is 9.79. The molecule has 0 nitrogen and oxygen atoms in total. The summed E-state index contributed by atoms with van der Waals surface area (Å²) < 4.78 is 3.77. The van der Waals surface area contributed by atoms with Crippen LogP contribution in [0.15, 0.2) is 41.0 Å². The monoisotopic (exact) mass is 458 g/mol. The van der Waals surface area contributed by atoms with E-state index < -0.39 is 23.2 Å². The second-order valence-electron chi connectivity index (χ2n) is 6.86. The molecule has 0 aromatic heterocycles. The van der Waals surface area contributed by atoms with Crippen molar-refractivity contribution in [2.45, 2.75) is 91.9 Å². The Morgan fingerprint density at radius 2 is 1.12 bits per heavy atom. The molecule has 0 spiro atoms. The van der Waals surface area contributed by atoms with Gasteiger partial charge in [-0.05, 0) is 0 Å². The Kier molecular flexibility index (Phi) is 13.8. The number of hydrogen-bond donors (Lipinski definition) is 0. The van der Waals surface area contributed by atoms with Gasteiger partial charge in [-0.15, -0.1) is 0 Å². The molecule has 0 unspecified atom stereocenters. The van der Waals surface area contributed by atoms with Crippen molar-refractivity contribution in [3.8, 4) is 0 Å². The molecule has 2 aliphatic carbocycles. The maximum Gasteiger partial charge on any atom is -1.00 e. The van der Waals surface area contributed by atoms with Crippen molar-refractivity contribution in [3.63, 3.8) is 0 Å². The summed E-state index contributed by atoms with van der Waals surface area (Å²) in [6.45, 7) is 9.37. The van der Waals surface area contributed by atoms with Gasteiger partial charge in [-0.25, -0.2) is 0 Å². The quantitative estimate of drug-likeness (QED) is 0.463. The largest absolute Gasteiger partial charge is 1.00 e. The van der Waals surface area contributed by atoms with E-state index in [1.54, 1.807) is 22.3 Å². The molecular weight excluding hydrogens is 426 g/mol. The van der Waals surface area contributed by atoms with Crippen molar-refractivity contribution >= 4 is 0 Å². The van der Waals surface area contributed by atoms with E-state index in [0.29, 0.717) is 0 Å². The molecule has 0 fully saturated rings. The van der Waals surface area contributed by atoms with Gasteiger partial charge in [0.2, 0.25) is 0 Å². The molecule has 0 radical (unpaired) electrons. The van der Waals surface area contributed by atoms with Crippen molar-refractivity contribution in [2.75, 3.05) is 0 Å². The average Bonchev–Trinajstić information content (AvgIpc) is 3.15. The molecule has 0 saturated carbocycles. The van der Waals surface area contributed by atoms with Crippen LogP contribution in [0, 0.1) is 0 Å². The van der Waals surface area contributed by atoms with Crippen LogP contribution in [0.25, 0.3) is 0 Å². The van der Waals surface area contributed by atoms with Crippen LogP contribution < -0.4 is 24.8 Å². The smallest absolute Gasteiger partial charge is 1.00 e. The molecule has 0 aliphatic heterocycles. The van der Waals surface area contributed by atoms with E-state index in [1.165, 1.54) is 64.2 Å². The summed E-state index contributed by atoms with van der Waals surface area (Å²) in [5.41, 5.74) is 7.07. The Bertz CT molecular complexity index is 490. The predicted molar refractivity (Wildman–Crippen MR) is 99.1 cm³/mol. The zero-order chi connectivity index (χ0) is 16.7. The van der Waals surface area contributed by atoms with Crippen LogP contribution in [-0.2, 0) is 23.2 Å². The zero-order valence-electron chi connectivity index (χ0n) is 16.5. The Morgan fingerprint density at radius 1 is 0.720 bits per heavy atom. The van der Waals surface area contributed by atoms with Crippen LogP contribution in [0.4, 0.5) is 0 Å². The molecule has 3 heteroatoms. The van der Waals surface area contributed by atoms with Gasteiger partial charge in [0.25, 0.3) is 0 Å². The van der Waals surface area contributed by atoms with E-state index >= 15 is 0 Å². The van der Waals surface area contributed by atoms with E-state index in [1.807, 2.05) is 6.56 Å². The maximum atomic E-state index is 2.57. The van der Waals surface area contributed by atoms with Gasteiger partial charge in [0.05, 0.1) is 0 Å². The summed E-state index contributed by atoms with van der Waals surface area (Å²) in [4.78, 5) is 0. The van der Waals surface area contributed by atoms with Gasteiger partial charge >= 0.3 is 156 Å². The number of rotatable bonds is 10. The predicted octanol–water partition coefficient (Wildman–Crippen LogP) is 1.45. The van der Waals surface area contributed by atoms with E-state index in [4.69, 9.17) is 0 Å². The molecule has 2 rings (SSSR count). The van der Waals surface area contributed by atoms with Gasteiger partial charge in [-0.1, -0.05) is 0 Å². The normalized spacial score (nSPS) is 16.3. The zero-order valence-corrected chi connectivity index (χ0v) is 20.5. The molecule has 2 aliphatic rings. The number of hydrogen-bond acceptors (Lipinski definition) is 0. The second kappa shape index (κ2) is 13.6. The molecule has 0 bridgehead atoms. The minimum absolute atomic E-state index is 0. The molecule has 0 amide bonds. The standard InChI is InChI=1S/2C11H17.2ClH.Zr/c2*1-3-5-6-11-8-7-10(4-2)9-11;;;/h2*8H,3-7H2,1-2H3;2*1H;/q;;;;+2/p-2. The molecule has 0 N–H and O–H groups in total. The summed E-state index contributed by atoms with van der Waals surface area (Å²) in [7, 11) is 0. The van der Waals surface area contributed by atoms with Gasteiger partial charge < -0.3 is 24.8 Å². The van der Waals surface area contributed by atoms with Gasteiger partial charge in [-0.2, -0.15) is 0 Å². The van der Waals surface area contributed by atoms with Crippen LogP contribution >= 0.6 is 0 Å². The third kappa shape index (κ3) is 6.82. The summed E-state index contributed by atoms with van der Waals surface area (Å²) in [5, 5.41) is 0. The number of allylic oxidation sites excluding steroid dienone is 8. The Morgan fingerprint density at radius 3 is 1.44 bits per heavy atom. The van der Waals surface area contributed by atoms with E-state index in [0.717, 1.165) is 0 Å². The number of halogens is 2. The fourth-order valence-electron chi connectivity index (χ4n) is 3.65. The Balaban J connectivity index is 0.00000288. The van der Waals surface area contributed by atoms with Crippen molar-refractivity contribution in [3.05, 3.63) is 41.0 Å². The molecule has 140 valence electrons. The van der Waals surface area contributed by atoms with E-state index in [9.17, 15) is 0 Å². The van der Waals surface area contributed by atoms with Crippen molar-refractivity contribution < 1.29 is 48.0 Å². The third-order valence-electron chi connectivity index (χ3n) is 5.24. The van der Waals surface area contributed by atoms with E-state index in [-0.39, 0.29) is 24.8 Å². The second-order valence-corrected chi connectivity index (χ2v) is 9.94. The first kappa shape index (κ1) is 25.4. The van der Waals surface area contributed by atoms with Crippen LogP contribution in [0.5, 0.6) is 0 Å². The summed E-state index contributed by atoms with van der Waals surface area (Å²) >= 11 is -0.617. The average molecular weight is 461 g/mol. The van der Waals surface area contributed by atoms with Crippen LogP contribution in [0.2, 0.25) is 0 Å². The first-order valence-corrected chi connectivity index (χ1v) is 12.3. The maximum absolute atomic E-state index is 2.57. The molecule has 25 heavy (non-hydrogen) atoms. The van der Waals surface area contributed by atoms with Crippen molar-refractivity contribution in [1.82, 2.24) is 0 Å². The van der Waals surface area contributed by atoms with Crippen LogP contribution in [0.1, 0.15) is 91.9 Å². The van der Waals surface area contributed by atoms with Crippen molar-refractivity contribution in [2.24, 2.45) is 0 Å². The van der Waals surface area contributed by atoms with Gasteiger partial charge in [-0.3, -0.25) is 0 Å². The molecular formula is C22H34Cl2Zr. The van der Waals surface area contributed by atoms with E-state index in [2.05, 4.69) is 39.8 Å². The van der Waals surface area contributed by atoms with Gasteiger partial charge in [0, 0.05) is 0 Å². The summed E-state index contributed by atoms with van der Waals surface area (Å²) in [6, 6.07) is 0. The van der Waals surface area contributed by atoms with Gasteiger partial charge in [0.15, 0.2) is 0 Å². The fourth-order valence-corrected chi connectivity index (χ4v) is 8.41. The van der Waals surface area contributed by atoms with Crippen LogP contribution in [0.3, 0.4) is 0 Å². The summed E-state index contributed by atoms with van der Waals surface area (Å²) in [5.74, 6) is 0. The summed E-state index contributed by atoms with van der Waals surface area (Å²) in [6.07, 6.45) is 18.2. The number of unbranched alkanes of at least 4 members (excludes halogenated alkanes) is 2. The van der Waals surface area contributed by atoms with Crippen molar-refractivity contribution in [1.29, 1.82) is 0 Å². The molecule has 0 saturated heterocycles. The fraction of sp³-hybridized carbons (Fsp3) is 0.636. The SMILES string of the molecule is CCCCC1=CCC(CC)=[C]1[Zr+2][C]1=C(CC)CC=C1CCCC.[Cl-].[Cl-]. The molecule has 0 aromatic rings. The van der Waals surface area contributed by atoms with Gasteiger partial charge in [0.1, 0.15) is 0 Å². The molecule has 0 atom stereocenters. The molecule has 0 aromatic carbocycles. The minimum Gasteiger partial charge on any atom is -1.00 e. The first-order chi connectivity index (χ1) is 11.2. The topological polar surface area (TPSA) is 0 Å².